The lowest BCUT2D eigenvalue weighted by Gasteiger charge is -2.32. The number of carbonyl (C=O) groups excluding carboxylic acids is 2. The van der Waals surface area contributed by atoms with Crippen molar-refractivity contribution >= 4 is 27.5 Å². The molecule has 0 saturated carbocycles. The summed E-state index contributed by atoms with van der Waals surface area (Å²) in [5.41, 5.74) is 3.38. The van der Waals surface area contributed by atoms with Crippen molar-refractivity contribution in [2.75, 3.05) is 30.8 Å². The maximum Gasteiger partial charge on any atom is 0.243 e. The lowest BCUT2D eigenvalue weighted by Crippen LogP contribution is -2.50. The number of rotatable bonds is 15. The van der Waals surface area contributed by atoms with Crippen LogP contribution in [0.3, 0.4) is 0 Å². The van der Waals surface area contributed by atoms with Crippen molar-refractivity contribution in [1.82, 2.24) is 10.2 Å². The highest BCUT2D eigenvalue weighted by molar-refractivity contribution is 7.92. The molecule has 0 aliphatic carbocycles. The Balaban J connectivity index is 1.88. The van der Waals surface area contributed by atoms with Gasteiger partial charge in [0.05, 0.1) is 19.1 Å². The number of ether oxygens (including phenoxy) is 1. The molecular weight excluding hydrogens is 538 g/mol. The van der Waals surface area contributed by atoms with Crippen LogP contribution in [0.1, 0.15) is 42.9 Å². The Morgan fingerprint density at radius 1 is 0.927 bits per heavy atom. The highest BCUT2D eigenvalue weighted by Crippen LogP contribution is 2.30. The number of sulfonamides is 1. The summed E-state index contributed by atoms with van der Waals surface area (Å²) in [5.74, 6) is 0.00958. The number of para-hydroxylation sites is 2. The van der Waals surface area contributed by atoms with Crippen LogP contribution in [0.15, 0.2) is 78.9 Å². The zero-order chi connectivity index (χ0) is 29.8. The van der Waals surface area contributed by atoms with Crippen molar-refractivity contribution in [3.63, 3.8) is 0 Å². The van der Waals surface area contributed by atoms with Crippen LogP contribution >= 0.6 is 0 Å². The Kier molecular flexibility index (Phi) is 11.8. The summed E-state index contributed by atoms with van der Waals surface area (Å²) in [4.78, 5) is 29.0. The third-order valence-corrected chi connectivity index (χ3v) is 7.98. The van der Waals surface area contributed by atoms with E-state index in [1.54, 1.807) is 29.2 Å². The highest BCUT2D eigenvalue weighted by atomic mass is 32.2. The van der Waals surface area contributed by atoms with Crippen molar-refractivity contribution < 1.29 is 22.7 Å². The van der Waals surface area contributed by atoms with E-state index in [2.05, 4.69) is 5.32 Å². The van der Waals surface area contributed by atoms with E-state index in [1.165, 1.54) is 11.4 Å². The lowest BCUT2D eigenvalue weighted by molar-refractivity contribution is -0.141. The third kappa shape index (κ3) is 9.35. The normalized spacial score (nSPS) is 11.9. The minimum absolute atomic E-state index is 0.0688. The number of anilines is 1. The first-order chi connectivity index (χ1) is 19.6. The molecule has 0 radical (unpaired) electrons. The summed E-state index contributed by atoms with van der Waals surface area (Å²) in [5, 5.41) is 2.98. The molecule has 9 heteroatoms. The quantitative estimate of drug-likeness (QED) is 0.281. The zero-order valence-corrected chi connectivity index (χ0v) is 25.2. The van der Waals surface area contributed by atoms with Crippen LogP contribution in [0.5, 0.6) is 5.75 Å². The van der Waals surface area contributed by atoms with E-state index in [1.807, 2.05) is 68.4 Å². The molecule has 3 aromatic rings. The SMILES string of the molecule is CCCNC(=O)C(Cc1ccccc1)N(Cc1ccc(C)cc1)C(=O)CCCN(c1ccccc1OC)S(C)(=O)=O. The molecular formula is C32H41N3O5S. The highest BCUT2D eigenvalue weighted by Gasteiger charge is 2.30. The number of nitrogens with zero attached hydrogens (tertiary/aromatic N) is 2. The fraction of sp³-hybridized carbons (Fsp3) is 0.375. The molecule has 0 saturated heterocycles. The second-order valence-electron chi connectivity index (χ2n) is 10.1. The van der Waals surface area contributed by atoms with Gasteiger partial charge in [-0.15, -0.1) is 0 Å². The van der Waals surface area contributed by atoms with Gasteiger partial charge in [0.2, 0.25) is 21.8 Å². The maximum atomic E-state index is 13.9. The second-order valence-corrected chi connectivity index (χ2v) is 12.0. The molecule has 1 atom stereocenters. The molecule has 0 heterocycles. The van der Waals surface area contributed by atoms with E-state index in [4.69, 9.17) is 4.74 Å². The predicted octanol–water partition coefficient (Wildman–Crippen LogP) is 4.72. The molecule has 3 rings (SSSR count). The lowest BCUT2D eigenvalue weighted by atomic mass is 10.0. The number of nitrogens with one attached hydrogen (secondary N) is 1. The molecule has 8 nitrogen and oxygen atoms in total. The minimum atomic E-state index is -3.64. The molecule has 0 fully saturated rings. The van der Waals surface area contributed by atoms with E-state index in [-0.39, 0.29) is 37.7 Å². The van der Waals surface area contributed by atoms with E-state index < -0.39 is 16.1 Å². The fourth-order valence-corrected chi connectivity index (χ4v) is 5.60. The number of hydrogen-bond acceptors (Lipinski definition) is 5. The van der Waals surface area contributed by atoms with Gasteiger partial charge in [-0.2, -0.15) is 0 Å². The minimum Gasteiger partial charge on any atom is -0.495 e. The molecule has 0 bridgehead atoms. The molecule has 0 aliphatic heterocycles. The van der Waals surface area contributed by atoms with Crippen LogP contribution in [0.2, 0.25) is 0 Å². The number of benzene rings is 3. The fourth-order valence-electron chi connectivity index (χ4n) is 4.63. The predicted molar refractivity (Wildman–Crippen MR) is 163 cm³/mol. The summed E-state index contributed by atoms with van der Waals surface area (Å²) < 4.78 is 32.0. The Morgan fingerprint density at radius 3 is 2.22 bits per heavy atom. The second kappa shape index (κ2) is 15.2. The first-order valence-corrected chi connectivity index (χ1v) is 15.8. The van der Waals surface area contributed by atoms with Crippen molar-refractivity contribution in [3.05, 3.63) is 95.6 Å². The smallest absolute Gasteiger partial charge is 0.243 e. The molecule has 1 unspecified atom stereocenters. The summed E-state index contributed by atoms with van der Waals surface area (Å²) >= 11 is 0. The molecule has 0 aromatic heterocycles. The average molecular weight is 580 g/mol. The molecule has 41 heavy (non-hydrogen) atoms. The number of carbonyl (C=O) groups is 2. The standard InChI is InChI=1S/C32H41N3O5S/c1-5-21-33-32(37)29(23-26-12-7-6-8-13-26)34(24-27-19-17-25(2)18-20-27)31(36)16-11-22-35(41(4,38)39)28-14-9-10-15-30(28)40-3/h6-10,12-15,17-20,29H,5,11,16,21-24H2,1-4H3,(H,33,37). The van der Waals surface area contributed by atoms with E-state index >= 15 is 0 Å². The van der Waals surface area contributed by atoms with Gasteiger partial charge >= 0.3 is 0 Å². The van der Waals surface area contributed by atoms with Crippen LogP contribution in [0.4, 0.5) is 5.69 Å². The van der Waals surface area contributed by atoms with Crippen molar-refractivity contribution in [2.45, 2.75) is 52.1 Å². The number of aryl methyl sites for hydroxylation is 1. The largest absolute Gasteiger partial charge is 0.495 e. The van der Waals surface area contributed by atoms with Gasteiger partial charge in [0, 0.05) is 32.5 Å². The topological polar surface area (TPSA) is 96.0 Å². The molecule has 220 valence electrons. The summed E-state index contributed by atoms with van der Waals surface area (Å²) in [7, 11) is -2.15. The molecule has 0 aliphatic rings. The van der Waals surface area contributed by atoms with Gasteiger partial charge in [-0.25, -0.2) is 8.42 Å². The van der Waals surface area contributed by atoms with Gasteiger partial charge in [0.25, 0.3) is 0 Å². The van der Waals surface area contributed by atoms with Crippen LogP contribution < -0.4 is 14.4 Å². The molecule has 2 amide bonds. The van der Waals surface area contributed by atoms with Crippen LogP contribution in [-0.2, 0) is 32.6 Å². The summed E-state index contributed by atoms with van der Waals surface area (Å²) in [6.45, 7) is 4.85. The monoisotopic (exact) mass is 579 g/mol. The van der Waals surface area contributed by atoms with Gasteiger partial charge in [0.1, 0.15) is 11.8 Å². The van der Waals surface area contributed by atoms with Crippen molar-refractivity contribution in [1.29, 1.82) is 0 Å². The van der Waals surface area contributed by atoms with Crippen LogP contribution in [0.25, 0.3) is 0 Å². The van der Waals surface area contributed by atoms with Crippen molar-refractivity contribution in [3.8, 4) is 5.75 Å². The van der Waals surface area contributed by atoms with E-state index in [0.29, 0.717) is 24.4 Å². The van der Waals surface area contributed by atoms with E-state index in [9.17, 15) is 18.0 Å². The Morgan fingerprint density at radius 2 is 1.59 bits per heavy atom. The van der Waals surface area contributed by atoms with Gasteiger partial charge in [-0.3, -0.25) is 13.9 Å². The first-order valence-electron chi connectivity index (χ1n) is 13.9. The molecule has 0 spiro atoms. The zero-order valence-electron chi connectivity index (χ0n) is 24.4. The van der Waals surface area contributed by atoms with Gasteiger partial charge in [0.15, 0.2) is 0 Å². The maximum absolute atomic E-state index is 13.9. The van der Waals surface area contributed by atoms with Gasteiger partial charge in [-0.1, -0.05) is 79.2 Å². The van der Waals surface area contributed by atoms with Crippen LogP contribution in [-0.4, -0.2) is 57.6 Å². The molecule has 3 aromatic carbocycles. The Hall–Kier alpha value is -3.85. The van der Waals surface area contributed by atoms with E-state index in [0.717, 1.165) is 29.4 Å². The van der Waals surface area contributed by atoms with Crippen LogP contribution in [0, 0.1) is 6.92 Å². The third-order valence-electron chi connectivity index (χ3n) is 6.80. The summed E-state index contributed by atoms with van der Waals surface area (Å²) in [6, 6.07) is 23.7. The number of amides is 2. The average Bonchev–Trinajstić information content (AvgIpc) is 2.96. The Labute approximate surface area is 244 Å². The number of methoxy groups -OCH3 is 1. The molecule has 1 N–H and O–H groups in total. The van der Waals surface area contributed by atoms with Gasteiger partial charge in [-0.05, 0) is 43.0 Å². The van der Waals surface area contributed by atoms with Gasteiger partial charge < -0.3 is 15.0 Å². The Bertz CT molecular complexity index is 1380. The summed E-state index contributed by atoms with van der Waals surface area (Å²) in [6.07, 6.45) is 2.62. The number of hydrogen-bond donors (Lipinski definition) is 1. The van der Waals surface area contributed by atoms with Crippen molar-refractivity contribution in [2.24, 2.45) is 0 Å². The first kappa shape index (κ1) is 31.7.